The lowest BCUT2D eigenvalue weighted by molar-refractivity contribution is 0.534. The predicted octanol–water partition coefficient (Wildman–Crippen LogP) is 2.05. The molecule has 2 aromatic carbocycles. The Morgan fingerprint density at radius 2 is 1.71 bits per heavy atom. The molecule has 1 atom stereocenters. The summed E-state index contributed by atoms with van der Waals surface area (Å²) in [7, 11) is -3.38. The molecule has 0 radical (unpaired) electrons. The van der Waals surface area contributed by atoms with E-state index in [1.54, 1.807) is 18.2 Å². The van der Waals surface area contributed by atoms with E-state index in [0.717, 1.165) is 10.8 Å². The molecule has 2 aromatic rings. The molecule has 2 rings (SSSR count). The SMILES string of the molecule is C=S(=O)([O-])c1cccc2ccccc12. The van der Waals surface area contributed by atoms with Crippen LogP contribution in [0, 0.1) is 0 Å². The summed E-state index contributed by atoms with van der Waals surface area (Å²) in [6.07, 6.45) is 0. The normalized spacial score (nSPS) is 15.2. The third kappa shape index (κ3) is 1.52. The largest absolute Gasteiger partial charge is 0.774 e. The molecule has 2 nitrogen and oxygen atoms in total. The molecule has 0 heterocycles. The van der Waals surface area contributed by atoms with Crippen LogP contribution in [0.2, 0.25) is 0 Å². The van der Waals surface area contributed by atoms with Crippen LogP contribution < -0.4 is 0 Å². The molecule has 0 aliphatic carbocycles. The topological polar surface area (TPSA) is 40.1 Å². The van der Waals surface area contributed by atoms with Gasteiger partial charge in [-0.1, -0.05) is 52.1 Å². The first-order valence-corrected chi connectivity index (χ1v) is 5.80. The van der Waals surface area contributed by atoms with Crippen molar-refractivity contribution in [2.24, 2.45) is 0 Å². The third-order valence-electron chi connectivity index (χ3n) is 2.08. The maximum atomic E-state index is 11.3. The van der Waals surface area contributed by atoms with Gasteiger partial charge in [-0.2, -0.15) is 0 Å². The van der Waals surface area contributed by atoms with Gasteiger partial charge >= 0.3 is 0 Å². The van der Waals surface area contributed by atoms with Gasteiger partial charge in [0, 0.05) is 4.90 Å². The molecule has 0 fully saturated rings. The molecule has 72 valence electrons. The number of benzene rings is 2. The van der Waals surface area contributed by atoms with Crippen molar-refractivity contribution in [3.63, 3.8) is 0 Å². The molecule has 0 bridgehead atoms. The van der Waals surface area contributed by atoms with E-state index in [9.17, 15) is 8.76 Å². The van der Waals surface area contributed by atoms with Crippen LogP contribution in [0.4, 0.5) is 0 Å². The Hall–Kier alpha value is -1.32. The highest BCUT2D eigenvalue weighted by Gasteiger charge is 2.00. The van der Waals surface area contributed by atoms with Gasteiger partial charge in [-0.25, -0.2) is 0 Å². The Labute approximate surface area is 83.0 Å². The van der Waals surface area contributed by atoms with E-state index in [4.69, 9.17) is 0 Å². The molecule has 0 aliphatic heterocycles. The van der Waals surface area contributed by atoms with Crippen molar-refractivity contribution in [2.45, 2.75) is 4.90 Å². The molecular formula is C11H9O2S-. The van der Waals surface area contributed by atoms with Gasteiger partial charge in [0.1, 0.15) is 0 Å². The summed E-state index contributed by atoms with van der Waals surface area (Å²) in [5, 5.41) is 1.64. The van der Waals surface area contributed by atoms with Gasteiger partial charge in [0.2, 0.25) is 0 Å². The fourth-order valence-corrected chi connectivity index (χ4v) is 2.27. The van der Waals surface area contributed by atoms with Gasteiger partial charge in [-0.05, 0) is 16.8 Å². The summed E-state index contributed by atoms with van der Waals surface area (Å²) < 4.78 is 22.7. The zero-order valence-corrected chi connectivity index (χ0v) is 8.29. The molecule has 0 saturated heterocycles. The highest BCUT2D eigenvalue weighted by Crippen LogP contribution is 2.21. The van der Waals surface area contributed by atoms with Crippen molar-refractivity contribution in [3.8, 4) is 0 Å². The van der Waals surface area contributed by atoms with Gasteiger partial charge in [-0.3, -0.25) is 4.21 Å². The monoisotopic (exact) mass is 205 g/mol. The average molecular weight is 205 g/mol. The van der Waals surface area contributed by atoms with Gasteiger partial charge in [0.15, 0.2) is 0 Å². The minimum atomic E-state index is -3.38. The van der Waals surface area contributed by atoms with Crippen LogP contribution in [0.5, 0.6) is 0 Å². The molecule has 0 saturated carbocycles. The summed E-state index contributed by atoms with van der Waals surface area (Å²) in [6, 6.07) is 12.5. The molecule has 0 aliphatic rings. The van der Waals surface area contributed by atoms with Gasteiger partial charge in [0.05, 0.1) is 0 Å². The van der Waals surface area contributed by atoms with Crippen LogP contribution in [0.25, 0.3) is 10.8 Å². The second kappa shape index (κ2) is 3.12. The van der Waals surface area contributed by atoms with Crippen molar-refractivity contribution in [2.75, 3.05) is 0 Å². The average Bonchev–Trinajstić information content (AvgIpc) is 2.15. The van der Waals surface area contributed by atoms with Crippen molar-refractivity contribution in [1.82, 2.24) is 0 Å². The second-order valence-corrected chi connectivity index (χ2v) is 4.76. The van der Waals surface area contributed by atoms with Crippen molar-refractivity contribution in [3.05, 3.63) is 42.5 Å². The summed E-state index contributed by atoms with van der Waals surface area (Å²) in [4.78, 5) is 0.288. The van der Waals surface area contributed by atoms with Gasteiger partial charge in [-0.15, -0.1) is 0 Å². The lowest BCUT2D eigenvalue weighted by Gasteiger charge is -2.15. The fraction of sp³-hybridized carbons (Fsp3) is 0. The first kappa shape index (κ1) is 9.24. The number of fused-ring (bicyclic) bond motifs is 1. The van der Waals surface area contributed by atoms with Gasteiger partial charge in [0.25, 0.3) is 0 Å². The standard InChI is InChI=1S/C11H10O2S/c1-14(12,13)11-8-4-6-9-5-2-3-7-10(9)11/h2-8H,1H2,(H,12,13)/p-1. The fourth-order valence-electron chi connectivity index (χ4n) is 1.47. The van der Waals surface area contributed by atoms with Crippen LogP contribution in [-0.2, 0) is 9.80 Å². The van der Waals surface area contributed by atoms with Crippen molar-refractivity contribution >= 4 is 26.4 Å². The predicted molar refractivity (Wildman–Crippen MR) is 58.3 cm³/mol. The molecule has 0 aromatic heterocycles. The Bertz CT molecular complexity index is 565. The zero-order chi connectivity index (χ0) is 10.2. The Morgan fingerprint density at radius 1 is 1.07 bits per heavy atom. The van der Waals surface area contributed by atoms with E-state index in [-0.39, 0.29) is 4.90 Å². The van der Waals surface area contributed by atoms with Crippen LogP contribution >= 0.6 is 0 Å². The molecule has 14 heavy (non-hydrogen) atoms. The van der Waals surface area contributed by atoms with E-state index < -0.39 is 9.80 Å². The Kier molecular flexibility index (Phi) is 2.06. The van der Waals surface area contributed by atoms with Crippen molar-refractivity contribution in [1.29, 1.82) is 0 Å². The number of hydrogen-bond donors (Lipinski definition) is 0. The molecular weight excluding hydrogens is 196 g/mol. The van der Waals surface area contributed by atoms with E-state index in [1.807, 2.05) is 24.3 Å². The molecule has 3 heteroatoms. The highest BCUT2D eigenvalue weighted by atomic mass is 32.2. The van der Waals surface area contributed by atoms with E-state index >= 15 is 0 Å². The highest BCUT2D eigenvalue weighted by molar-refractivity contribution is 7.95. The lowest BCUT2D eigenvalue weighted by Crippen LogP contribution is -1.98. The Morgan fingerprint density at radius 3 is 2.43 bits per heavy atom. The van der Waals surface area contributed by atoms with Crippen LogP contribution in [0.3, 0.4) is 0 Å². The van der Waals surface area contributed by atoms with E-state index in [2.05, 4.69) is 5.87 Å². The first-order chi connectivity index (χ1) is 6.59. The summed E-state index contributed by atoms with van der Waals surface area (Å²) >= 11 is 0. The first-order valence-electron chi connectivity index (χ1n) is 4.15. The molecule has 0 amide bonds. The van der Waals surface area contributed by atoms with E-state index in [1.165, 1.54) is 0 Å². The maximum Gasteiger partial charge on any atom is 0.0254 e. The number of hydrogen-bond acceptors (Lipinski definition) is 2. The van der Waals surface area contributed by atoms with Crippen LogP contribution in [0.1, 0.15) is 0 Å². The number of rotatable bonds is 1. The third-order valence-corrected chi connectivity index (χ3v) is 3.11. The summed E-state index contributed by atoms with van der Waals surface area (Å²) in [5.41, 5.74) is 0. The van der Waals surface area contributed by atoms with Gasteiger partial charge < -0.3 is 4.55 Å². The quantitative estimate of drug-likeness (QED) is 0.668. The smallest absolute Gasteiger partial charge is 0.0254 e. The summed E-state index contributed by atoms with van der Waals surface area (Å²) in [6.45, 7) is 0. The molecule has 0 N–H and O–H groups in total. The van der Waals surface area contributed by atoms with Crippen molar-refractivity contribution < 1.29 is 8.76 Å². The molecule has 0 spiro atoms. The molecule has 1 unspecified atom stereocenters. The Balaban J connectivity index is 2.92. The van der Waals surface area contributed by atoms with Crippen LogP contribution in [-0.4, -0.2) is 14.6 Å². The summed E-state index contributed by atoms with van der Waals surface area (Å²) in [5.74, 6) is 3.16. The minimum Gasteiger partial charge on any atom is -0.774 e. The van der Waals surface area contributed by atoms with E-state index in [0.29, 0.717) is 0 Å². The maximum absolute atomic E-state index is 11.3. The zero-order valence-electron chi connectivity index (χ0n) is 7.47. The lowest BCUT2D eigenvalue weighted by atomic mass is 10.1. The second-order valence-electron chi connectivity index (χ2n) is 3.09. The minimum absolute atomic E-state index is 0.288. The van der Waals surface area contributed by atoms with Crippen LogP contribution in [0.15, 0.2) is 47.4 Å².